The van der Waals surface area contributed by atoms with E-state index < -0.39 is 0 Å². The highest BCUT2D eigenvalue weighted by atomic mass is 16.2. The van der Waals surface area contributed by atoms with Crippen LogP contribution in [-0.2, 0) is 6.54 Å². The SMILES string of the molecule is Cc1ccc2c(NC(=O)N(Cc3cccnc3)C3CCCCC3)cccc2n1. The van der Waals surface area contributed by atoms with Crippen LogP contribution in [0.25, 0.3) is 10.9 Å². The third-order valence-corrected chi connectivity index (χ3v) is 5.46. The Bertz CT molecular complexity index is 951. The molecule has 1 aliphatic carbocycles. The number of hydrogen-bond donors (Lipinski definition) is 1. The smallest absolute Gasteiger partial charge is 0.317 e. The number of carbonyl (C=O) groups is 1. The van der Waals surface area contributed by atoms with Crippen molar-refractivity contribution in [3.63, 3.8) is 0 Å². The summed E-state index contributed by atoms with van der Waals surface area (Å²) in [5, 5.41) is 4.11. The zero-order valence-electron chi connectivity index (χ0n) is 16.3. The molecule has 0 saturated heterocycles. The Hall–Kier alpha value is -2.95. The van der Waals surface area contributed by atoms with Crippen LogP contribution < -0.4 is 5.32 Å². The predicted molar refractivity (Wildman–Crippen MR) is 112 cm³/mol. The summed E-state index contributed by atoms with van der Waals surface area (Å²) in [6, 6.07) is 14.0. The van der Waals surface area contributed by atoms with Gasteiger partial charge in [-0.25, -0.2) is 4.79 Å². The van der Waals surface area contributed by atoms with E-state index >= 15 is 0 Å². The molecule has 144 valence electrons. The fourth-order valence-electron chi connectivity index (χ4n) is 4.00. The molecular formula is C23H26N4O. The van der Waals surface area contributed by atoms with Crippen LogP contribution >= 0.6 is 0 Å². The maximum Gasteiger partial charge on any atom is 0.322 e. The molecule has 0 atom stereocenters. The summed E-state index contributed by atoms with van der Waals surface area (Å²) < 4.78 is 0. The zero-order chi connectivity index (χ0) is 19.3. The summed E-state index contributed by atoms with van der Waals surface area (Å²) in [7, 11) is 0. The zero-order valence-corrected chi connectivity index (χ0v) is 16.3. The third kappa shape index (κ3) is 4.14. The second-order valence-electron chi connectivity index (χ2n) is 7.54. The van der Waals surface area contributed by atoms with Crippen molar-refractivity contribution in [2.45, 2.75) is 51.6 Å². The molecule has 0 spiro atoms. The van der Waals surface area contributed by atoms with Crippen molar-refractivity contribution in [2.75, 3.05) is 5.32 Å². The number of fused-ring (bicyclic) bond motifs is 1. The highest BCUT2D eigenvalue weighted by molar-refractivity contribution is 6.00. The van der Waals surface area contributed by atoms with Gasteiger partial charge < -0.3 is 10.2 Å². The summed E-state index contributed by atoms with van der Waals surface area (Å²) in [4.78, 5) is 24.1. The number of hydrogen-bond acceptors (Lipinski definition) is 3. The van der Waals surface area contributed by atoms with Gasteiger partial charge in [0.05, 0.1) is 11.2 Å². The molecule has 3 aromatic rings. The average molecular weight is 374 g/mol. The molecule has 0 bridgehead atoms. The number of pyridine rings is 2. The van der Waals surface area contributed by atoms with E-state index in [4.69, 9.17) is 0 Å². The molecule has 0 unspecified atom stereocenters. The van der Waals surface area contributed by atoms with Gasteiger partial charge in [0.25, 0.3) is 0 Å². The molecule has 5 nitrogen and oxygen atoms in total. The van der Waals surface area contributed by atoms with Gasteiger partial charge in [-0.2, -0.15) is 0 Å². The number of benzene rings is 1. The Labute approximate surface area is 165 Å². The molecule has 1 N–H and O–H groups in total. The molecule has 2 amide bonds. The first-order valence-electron chi connectivity index (χ1n) is 10.0. The summed E-state index contributed by atoms with van der Waals surface area (Å²) in [5.41, 5.74) is 3.73. The van der Waals surface area contributed by atoms with Gasteiger partial charge in [0.1, 0.15) is 0 Å². The van der Waals surface area contributed by atoms with E-state index in [2.05, 4.69) is 15.3 Å². The molecular weight excluding hydrogens is 348 g/mol. The molecule has 1 aromatic carbocycles. The molecule has 0 radical (unpaired) electrons. The molecule has 5 heteroatoms. The van der Waals surface area contributed by atoms with Crippen molar-refractivity contribution in [3.05, 3.63) is 66.1 Å². The van der Waals surface area contributed by atoms with Crippen molar-refractivity contribution >= 4 is 22.6 Å². The van der Waals surface area contributed by atoms with Gasteiger partial charge in [-0.1, -0.05) is 31.4 Å². The number of rotatable bonds is 4. The Morgan fingerprint density at radius 2 is 1.96 bits per heavy atom. The van der Waals surface area contributed by atoms with E-state index in [0.717, 1.165) is 40.7 Å². The van der Waals surface area contributed by atoms with Crippen LogP contribution in [0.3, 0.4) is 0 Å². The molecule has 2 aromatic heterocycles. The van der Waals surface area contributed by atoms with Crippen LogP contribution in [0.2, 0.25) is 0 Å². The standard InChI is InChI=1S/C23H26N4O/c1-17-12-13-20-21(25-17)10-5-11-22(20)26-23(28)27(19-8-3-2-4-9-19)16-18-7-6-14-24-15-18/h5-7,10-15,19H,2-4,8-9,16H2,1H3,(H,26,28). The lowest BCUT2D eigenvalue weighted by Gasteiger charge is -2.34. The predicted octanol–water partition coefficient (Wildman–Crippen LogP) is 5.31. The quantitative estimate of drug-likeness (QED) is 0.674. The van der Waals surface area contributed by atoms with Gasteiger partial charge in [0.15, 0.2) is 0 Å². The number of nitrogens with one attached hydrogen (secondary N) is 1. The average Bonchev–Trinajstić information content (AvgIpc) is 2.73. The number of aryl methyl sites for hydroxylation is 1. The van der Waals surface area contributed by atoms with Crippen molar-refractivity contribution in [1.29, 1.82) is 0 Å². The molecule has 28 heavy (non-hydrogen) atoms. The van der Waals surface area contributed by atoms with Crippen LogP contribution in [0.4, 0.5) is 10.5 Å². The van der Waals surface area contributed by atoms with Crippen LogP contribution in [-0.4, -0.2) is 26.9 Å². The van der Waals surface area contributed by atoms with Crippen LogP contribution in [0.1, 0.15) is 43.4 Å². The van der Waals surface area contributed by atoms with Gasteiger partial charge in [0, 0.05) is 36.1 Å². The highest BCUT2D eigenvalue weighted by Gasteiger charge is 2.26. The number of nitrogens with zero attached hydrogens (tertiary/aromatic N) is 3. The lowest BCUT2D eigenvalue weighted by atomic mass is 9.94. The van der Waals surface area contributed by atoms with Gasteiger partial charge in [-0.05, 0) is 55.7 Å². The minimum Gasteiger partial charge on any atom is -0.317 e. The largest absolute Gasteiger partial charge is 0.322 e. The second kappa shape index (κ2) is 8.38. The van der Waals surface area contributed by atoms with Crippen molar-refractivity contribution in [3.8, 4) is 0 Å². The van der Waals surface area contributed by atoms with Crippen LogP contribution in [0.5, 0.6) is 0 Å². The van der Waals surface area contributed by atoms with Gasteiger partial charge >= 0.3 is 6.03 Å². The maximum absolute atomic E-state index is 13.3. The van der Waals surface area contributed by atoms with E-state index in [1.807, 2.05) is 60.5 Å². The number of anilines is 1. The number of amides is 2. The Morgan fingerprint density at radius 1 is 1.11 bits per heavy atom. The fraction of sp³-hybridized carbons (Fsp3) is 0.348. The number of carbonyl (C=O) groups excluding carboxylic acids is 1. The lowest BCUT2D eigenvalue weighted by Crippen LogP contribution is -2.43. The first-order chi connectivity index (χ1) is 13.7. The summed E-state index contributed by atoms with van der Waals surface area (Å²) in [5.74, 6) is 0. The number of urea groups is 1. The molecule has 2 heterocycles. The van der Waals surface area contributed by atoms with E-state index in [1.54, 1.807) is 6.20 Å². The van der Waals surface area contributed by atoms with Crippen molar-refractivity contribution in [2.24, 2.45) is 0 Å². The van der Waals surface area contributed by atoms with Gasteiger partial charge in [0.2, 0.25) is 0 Å². The highest BCUT2D eigenvalue weighted by Crippen LogP contribution is 2.27. The molecule has 4 rings (SSSR count). The van der Waals surface area contributed by atoms with E-state index in [1.165, 1.54) is 19.3 Å². The normalized spacial score (nSPS) is 14.8. The number of aromatic nitrogens is 2. The van der Waals surface area contributed by atoms with E-state index in [0.29, 0.717) is 6.54 Å². The lowest BCUT2D eigenvalue weighted by molar-refractivity contribution is 0.162. The summed E-state index contributed by atoms with van der Waals surface area (Å²) in [6.07, 6.45) is 9.34. The summed E-state index contributed by atoms with van der Waals surface area (Å²) >= 11 is 0. The fourth-order valence-corrected chi connectivity index (χ4v) is 4.00. The van der Waals surface area contributed by atoms with Crippen LogP contribution in [0, 0.1) is 6.92 Å². The topological polar surface area (TPSA) is 58.1 Å². The molecule has 1 aliphatic rings. The molecule has 1 fully saturated rings. The third-order valence-electron chi connectivity index (χ3n) is 5.46. The molecule has 0 aliphatic heterocycles. The van der Waals surface area contributed by atoms with Crippen molar-refractivity contribution < 1.29 is 4.79 Å². The minimum atomic E-state index is -0.0520. The Kier molecular flexibility index (Phi) is 5.51. The monoisotopic (exact) mass is 374 g/mol. The van der Waals surface area contributed by atoms with Crippen molar-refractivity contribution in [1.82, 2.24) is 14.9 Å². The second-order valence-corrected chi connectivity index (χ2v) is 7.54. The summed E-state index contributed by atoms with van der Waals surface area (Å²) in [6.45, 7) is 2.55. The van der Waals surface area contributed by atoms with Gasteiger partial charge in [-0.15, -0.1) is 0 Å². The van der Waals surface area contributed by atoms with Crippen LogP contribution in [0.15, 0.2) is 54.9 Å². The van der Waals surface area contributed by atoms with E-state index in [-0.39, 0.29) is 12.1 Å². The first kappa shape index (κ1) is 18.4. The maximum atomic E-state index is 13.3. The minimum absolute atomic E-state index is 0.0520. The van der Waals surface area contributed by atoms with Gasteiger partial charge in [-0.3, -0.25) is 9.97 Å². The Balaban J connectivity index is 1.60. The van der Waals surface area contributed by atoms with E-state index in [9.17, 15) is 4.79 Å². The molecule has 1 saturated carbocycles. The Morgan fingerprint density at radius 3 is 2.75 bits per heavy atom. The first-order valence-corrected chi connectivity index (χ1v) is 10.0.